The largest absolute Gasteiger partial charge is 0.508 e. The lowest BCUT2D eigenvalue weighted by atomic mass is 9.79. The van der Waals surface area contributed by atoms with Crippen molar-refractivity contribution >= 4 is 5.69 Å². The van der Waals surface area contributed by atoms with Crippen LogP contribution in [0, 0.1) is 5.82 Å². The van der Waals surface area contributed by atoms with Gasteiger partial charge in [-0.15, -0.1) is 0 Å². The van der Waals surface area contributed by atoms with Crippen molar-refractivity contribution in [3.63, 3.8) is 0 Å². The average Bonchev–Trinajstić information content (AvgIpc) is 2.96. The molecule has 0 bridgehead atoms. The maximum Gasteiger partial charge on any atom is 0.165 e. The Labute approximate surface area is 236 Å². The molecule has 0 amide bonds. The van der Waals surface area contributed by atoms with Crippen LogP contribution in [0.4, 0.5) is 10.1 Å². The van der Waals surface area contributed by atoms with E-state index in [-0.39, 0.29) is 18.3 Å². The van der Waals surface area contributed by atoms with Crippen LogP contribution in [-0.2, 0) is 24.1 Å². The van der Waals surface area contributed by atoms with Gasteiger partial charge in [0, 0.05) is 45.0 Å². The molecule has 4 rings (SSSR count). The Morgan fingerprint density at radius 1 is 0.950 bits per heavy atom. The fourth-order valence-corrected chi connectivity index (χ4v) is 5.33. The van der Waals surface area contributed by atoms with Gasteiger partial charge in [0.05, 0.1) is 20.3 Å². The Bertz CT molecular complexity index is 1250. The average molecular weight is 553 g/mol. The molecule has 0 radical (unpaired) electrons. The van der Waals surface area contributed by atoms with Crippen molar-refractivity contribution < 1.29 is 28.8 Å². The second-order valence-corrected chi connectivity index (χ2v) is 10.4. The molecule has 1 aliphatic carbocycles. The van der Waals surface area contributed by atoms with Gasteiger partial charge in [0.15, 0.2) is 11.6 Å². The maximum absolute atomic E-state index is 15.0. The predicted octanol–water partition coefficient (Wildman–Crippen LogP) is 4.77. The molecule has 8 heteroatoms. The summed E-state index contributed by atoms with van der Waals surface area (Å²) in [4.78, 5) is 4.16. The standard InChI is InChI=1S/C32H41FN2O5/c1-34(13-16-38-2)14-17-40-32-11-4-23(18-30(32)33)22-35(12-15-36)31-21-28(39-3)9-10-29(31)26-6-5-25-20-27(37)8-7-24(25)19-26/h4,7-11,18,20-21,26,36-37H,5-6,12-17,19,22H2,1-3H3. The molecule has 3 aromatic carbocycles. The summed E-state index contributed by atoms with van der Waals surface area (Å²) in [6.45, 7) is 3.25. The molecule has 0 fully saturated rings. The van der Waals surface area contributed by atoms with Gasteiger partial charge in [0.2, 0.25) is 0 Å². The molecule has 0 aromatic heterocycles. The normalized spacial score (nSPS) is 14.7. The second-order valence-electron chi connectivity index (χ2n) is 10.4. The highest BCUT2D eigenvalue weighted by Gasteiger charge is 2.25. The SMILES string of the molecule is COCCN(C)CCOc1ccc(CN(CCO)c2cc(OC)ccc2C2CCc3cc(O)ccc3C2)cc1F. The number of rotatable bonds is 14. The summed E-state index contributed by atoms with van der Waals surface area (Å²) in [5.74, 6) is 1.13. The highest BCUT2D eigenvalue weighted by Crippen LogP contribution is 2.40. The van der Waals surface area contributed by atoms with E-state index in [0.29, 0.717) is 38.6 Å². The fourth-order valence-electron chi connectivity index (χ4n) is 5.33. The van der Waals surface area contributed by atoms with E-state index in [0.717, 1.165) is 42.8 Å². The molecule has 0 aliphatic heterocycles. The van der Waals surface area contributed by atoms with E-state index >= 15 is 4.39 Å². The summed E-state index contributed by atoms with van der Waals surface area (Å²) in [6.07, 6.45) is 2.70. The summed E-state index contributed by atoms with van der Waals surface area (Å²) < 4.78 is 31.3. The lowest BCUT2D eigenvalue weighted by Crippen LogP contribution is -2.28. The molecule has 1 atom stereocenters. The number of fused-ring (bicyclic) bond motifs is 1. The van der Waals surface area contributed by atoms with Crippen LogP contribution < -0.4 is 14.4 Å². The van der Waals surface area contributed by atoms with E-state index in [2.05, 4.69) is 15.9 Å². The zero-order valence-corrected chi connectivity index (χ0v) is 23.7. The minimum Gasteiger partial charge on any atom is -0.508 e. The molecule has 2 N–H and O–H groups in total. The fraction of sp³-hybridized carbons (Fsp3) is 0.438. The summed E-state index contributed by atoms with van der Waals surface area (Å²) in [6, 6.07) is 16.8. The molecule has 40 heavy (non-hydrogen) atoms. The van der Waals surface area contributed by atoms with Crippen LogP contribution in [0.15, 0.2) is 54.6 Å². The summed E-state index contributed by atoms with van der Waals surface area (Å²) in [5, 5.41) is 19.8. The van der Waals surface area contributed by atoms with E-state index in [9.17, 15) is 10.2 Å². The monoisotopic (exact) mass is 552 g/mol. The van der Waals surface area contributed by atoms with Crippen LogP contribution in [-0.4, -0.2) is 75.8 Å². The Morgan fingerprint density at radius 2 is 1.77 bits per heavy atom. The van der Waals surface area contributed by atoms with E-state index in [4.69, 9.17) is 14.2 Å². The molecule has 1 aliphatic rings. The summed E-state index contributed by atoms with van der Waals surface area (Å²) in [5.41, 5.74) is 5.37. The Morgan fingerprint density at radius 3 is 2.52 bits per heavy atom. The van der Waals surface area contributed by atoms with Gasteiger partial charge in [-0.25, -0.2) is 4.39 Å². The topological polar surface area (TPSA) is 74.6 Å². The molecule has 0 saturated carbocycles. The van der Waals surface area contributed by atoms with E-state index in [1.807, 2.05) is 37.4 Å². The maximum atomic E-state index is 15.0. The Hall–Kier alpha value is -3.33. The number of phenols is 1. The van der Waals surface area contributed by atoms with Gasteiger partial charge in [0.1, 0.15) is 18.1 Å². The van der Waals surface area contributed by atoms with Gasteiger partial charge in [-0.1, -0.05) is 18.2 Å². The molecule has 0 saturated heterocycles. The minimum atomic E-state index is -0.404. The Kier molecular flexibility index (Phi) is 10.6. The van der Waals surface area contributed by atoms with Crippen LogP contribution in [0.3, 0.4) is 0 Å². The van der Waals surface area contributed by atoms with Gasteiger partial charge in [-0.2, -0.15) is 0 Å². The molecular formula is C32H41FN2O5. The van der Waals surface area contributed by atoms with Gasteiger partial charge < -0.3 is 34.2 Å². The van der Waals surface area contributed by atoms with Crippen LogP contribution >= 0.6 is 0 Å². The third kappa shape index (κ3) is 7.65. The van der Waals surface area contributed by atoms with E-state index < -0.39 is 5.82 Å². The van der Waals surface area contributed by atoms with Gasteiger partial charge in [0.25, 0.3) is 0 Å². The van der Waals surface area contributed by atoms with Crippen molar-refractivity contribution in [2.24, 2.45) is 0 Å². The number of aliphatic hydroxyl groups is 1. The number of halogens is 1. The number of likely N-dealkylation sites (N-methyl/N-ethyl adjacent to an activating group) is 1. The highest BCUT2D eigenvalue weighted by atomic mass is 19.1. The number of aryl methyl sites for hydroxylation is 1. The first-order chi connectivity index (χ1) is 19.4. The quantitative estimate of drug-likeness (QED) is 0.299. The Balaban J connectivity index is 1.51. The minimum absolute atomic E-state index is 0.0380. The first kappa shape index (κ1) is 29.6. The molecule has 1 unspecified atom stereocenters. The molecule has 216 valence electrons. The highest BCUT2D eigenvalue weighted by molar-refractivity contribution is 5.60. The van der Waals surface area contributed by atoms with Crippen molar-refractivity contribution in [3.8, 4) is 17.2 Å². The van der Waals surface area contributed by atoms with Gasteiger partial charge in [-0.3, -0.25) is 0 Å². The lowest BCUT2D eigenvalue weighted by Gasteiger charge is -2.32. The van der Waals surface area contributed by atoms with Crippen molar-refractivity contribution in [1.82, 2.24) is 4.90 Å². The number of nitrogens with zero attached hydrogens (tertiary/aromatic N) is 2. The van der Waals surface area contributed by atoms with Crippen molar-refractivity contribution in [2.45, 2.75) is 31.7 Å². The number of benzene rings is 3. The number of methoxy groups -OCH3 is 2. The zero-order chi connectivity index (χ0) is 28.5. The first-order valence-corrected chi connectivity index (χ1v) is 13.8. The molecule has 7 nitrogen and oxygen atoms in total. The van der Waals surface area contributed by atoms with Crippen LogP contribution in [0.25, 0.3) is 0 Å². The number of phenolic OH excluding ortho intramolecular Hbond substituents is 1. The van der Waals surface area contributed by atoms with E-state index in [1.165, 1.54) is 22.8 Å². The number of anilines is 1. The van der Waals surface area contributed by atoms with Crippen LogP contribution in [0.1, 0.15) is 34.6 Å². The number of aromatic hydroxyl groups is 1. The number of hydrogen-bond donors (Lipinski definition) is 2. The first-order valence-electron chi connectivity index (χ1n) is 13.8. The number of hydrogen-bond acceptors (Lipinski definition) is 7. The summed E-state index contributed by atoms with van der Waals surface area (Å²) in [7, 11) is 5.28. The zero-order valence-electron chi connectivity index (χ0n) is 23.7. The third-order valence-electron chi connectivity index (χ3n) is 7.58. The predicted molar refractivity (Wildman–Crippen MR) is 155 cm³/mol. The lowest BCUT2D eigenvalue weighted by molar-refractivity contribution is 0.149. The number of aliphatic hydroxyl groups excluding tert-OH is 1. The van der Waals surface area contributed by atoms with Gasteiger partial charge >= 0.3 is 0 Å². The number of ether oxygens (including phenoxy) is 3. The molecular weight excluding hydrogens is 511 g/mol. The molecule has 3 aromatic rings. The van der Waals surface area contributed by atoms with Crippen molar-refractivity contribution in [2.75, 3.05) is 65.6 Å². The summed E-state index contributed by atoms with van der Waals surface area (Å²) >= 11 is 0. The smallest absolute Gasteiger partial charge is 0.165 e. The van der Waals surface area contributed by atoms with Crippen LogP contribution in [0.2, 0.25) is 0 Å². The van der Waals surface area contributed by atoms with Gasteiger partial charge in [-0.05, 0) is 84.8 Å². The third-order valence-corrected chi connectivity index (χ3v) is 7.58. The van der Waals surface area contributed by atoms with Crippen molar-refractivity contribution in [1.29, 1.82) is 0 Å². The molecule has 0 spiro atoms. The molecule has 0 heterocycles. The van der Waals surface area contributed by atoms with Crippen LogP contribution in [0.5, 0.6) is 17.2 Å². The van der Waals surface area contributed by atoms with E-state index in [1.54, 1.807) is 26.4 Å². The second kappa shape index (κ2) is 14.3. The van der Waals surface area contributed by atoms with Crippen molar-refractivity contribution in [3.05, 3.63) is 82.7 Å².